The summed E-state index contributed by atoms with van der Waals surface area (Å²) in [6.07, 6.45) is 10.0. The van der Waals surface area contributed by atoms with Gasteiger partial charge in [0.15, 0.2) is 0 Å². The SMILES string of the molecule is COc1ccc(OC=CCCCCCCBr)cc1. The molecule has 0 saturated carbocycles. The van der Waals surface area contributed by atoms with Crippen LogP contribution in [0, 0.1) is 0 Å². The molecule has 0 N–H and O–H groups in total. The summed E-state index contributed by atoms with van der Waals surface area (Å²) in [6, 6.07) is 7.59. The number of ether oxygens (including phenoxy) is 2. The zero-order chi connectivity index (χ0) is 13.1. The van der Waals surface area contributed by atoms with Gasteiger partial charge in [-0.1, -0.05) is 28.8 Å². The third-order valence-electron chi connectivity index (χ3n) is 2.61. The summed E-state index contributed by atoms with van der Waals surface area (Å²) in [5.74, 6) is 1.68. The summed E-state index contributed by atoms with van der Waals surface area (Å²) < 4.78 is 10.6. The van der Waals surface area contributed by atoms with Crippen LogP contribution in [0.25, 0.3) is 0 Å². The van der Waals surface area contributed by atoms with Crippen LogP contribution in [0.3, 0.4) is 0 Å². The van der Waals surface area contributed by atoms with Crippen molar-refractivity contribution in [1.82, 2.24) is 0 Å². The Balaban J connectivity index is 2.11. The van der Waals surface area contributed by atoms with E-state index in [-0.39, 0.29) is 0 Å². The summed E-state index contributed by atoms with van der Waals surface area (Å²) in [6.45, 7) is 0. The van der Waals surface area contributed by atoms with E-state index in [0.29, 0.717) is 0 Å². The molecule has 100 valence electrons. The van der Waals surface area contributed by atoms with Crippen LogP contribution in [0.1, 0.15) is 32.1 Å². The largest absolute Gasteiger partial charge is 0.497 e. The summed E-state index contributed by atoms with van der Waals surface area (Å²) in [5.41, 5.74) is 0. The van der Waals surface area contributed by atoms with Crippen LogP contribution in [-0.4, -0.2) is 12.4 Å². The Morgan fingerprint density at radius 1 is 1.00 bits per heavy atom. The zero-order valence-corrected chi connectivity index (χ0v) is 12.5. The second-order valence-corrected chi connectivity index (χ2v) is 4.85. The summed E-state index contributed by atoms with van der Waals surface area (Å²) >= 11 is 3.44. The molecule has 0 aliphatic rings. The number of alkyl halides is 1. The quantitative estimate of drug-likeness (QED) is 0.365. The number of hydrogen-bond acceptors (Lipinski definition) is 2. The van der Waals surface area contributed by atoms with Crippen LogP contribution in [0.5, 0.6) is 11.5 Å². The van der Waals surface area contributed by atoms with Crippen LogP contribution < -0.4 is 9.47 Å². The minimum atomic E-state index is 0.839. The Labute approximate surface area is 118 Å². The lowest BCUT2D eigenvalue weighted by Gasteiger charge is -2.02. The fraction of sp³-hybridized carbons (Fsp3) is 0.467. The predicted molar refractivity (Wildman–Crippen MR) is 79.6 cm³/mol. The Bertz CT molecular complexity index is 333. The van der Waals surface area contributed by atoms with Crippen LogP contribution in [0.15, 0.2) is 36.6 Å². The Morgan fingerprint density at radius 3 is 2.33 bits per heavy atom. The molecule has 0 aliphatic heterocycles. The smallest absolute Gasteiger partial charge is 0.126 e. The molecule has 0 spiro atoms. The number of hydrogen-bond donors (Lipinski definition) is 0. The lowest BCUT2D eigenvalue weighted by atomic mass is 10.1. The number of halogens is 1. The average Bonchev–Trinajstić information content (AvgIpc) is 2.42. The molecule has 0 aliphatic carbocycles. The van der Waals surface area contributed by atoms with Gasteiger partial charge in [-0.3, -0.25) is 0 Å². The van der Waals surface area contributed by atoms with Gasteiger partial charge < -0.3 is 9.47 Å². The van der Waals surface area contributed by atoms with Gasteiger partial charge in [0.05, 0.1) is 13.4 Å². The molecule has 0 heterocycles. The van der Waals surface area contributed by atoms with Crippen molar-refractivity contribution in [2.45, 2.75) is 32.1 Å². The number of rotatable bonds is 9. The molecule has 3 heteroatoms. The van der Waals surface area contributed by atoms with Gasteiger partial charge in [-0.25, -0.2) is 0 Å². The Morgan fingerprint density at radius 2 is 1.67 bits per heavy atom. The Kier molecular flexibility index (Phi) is 8.40. The topological polar surface area (TPSA) is 18.5 Å². The third kappa shape index (κ3) is 6.70. The number of unbranched alkanes of at least 4 members (excludes halogenated alkanes) is 4. The lowest BCUT2D eigenvalue weighted by molar-refractivity contribution is 0.412. The molecule has 1 rings (SSSR count). The molecule has 0 aromatic heterocycles. The van der Waals surface area contributed by atoms with Gasteiger partial charge in [0.2, 0.25) is 0 Å². The van der Waals surface area contributed by atoms with Crippen molar-refractivity contribution in [3.8, 4) is 11.5 Å². The fourth-order valence-corrected chi connectivity index (χ4v) is 1.96. The van der Waals surface area contributed by atoms with Gasteiger partial charge in [-0.2, -0.15) is 0 Å². The highest BCUT2D eigenvalue weighted by molar-refractivity contribution is 9.09. The van der Waals surface area contributed by atoms with Crippen molar-refractivity contribution in [1.29, 1.82) is 0 Å². The van der Waals surface area contributed by atoms with E-state index in [9.17, 15) is 0 Å². The van der Waals surface area contributed by atoms with E-state index in [2.05, 4.69) is 22.0 Å². The molecule has 0 fully saturated rings. The summed E-state index contributed by atoms with van der Waals surface area (Å²) in [5, 5.41) is 1.11. The zero-order valence-electron chi connectivity index (χ0n) is 10.9. The standard InChI is InChI=1S/C15H21BrO2/c1-17-14-8-10-15(11-9-14)18-13-7-5-3-2-4-6-12-16/h7-11,13H,2-6,12H2,1H3. The first-order valence-electron chi connectivity index (χ1n) is 6.38. The minimum absolute atomic E-state index is 0.839. The highest BCUT2D eigenvalue weighted by atomic mass is 79.9. The molecule has 1 aromatic rings. The van der Waals surface area contributed by atoms with E-state index < -0.39 is 0 Å². The molecule has 0 atom stereocenters. The lowest BCUT2D eigenvalue weighted by Crippen LogP contribution is -1.84. The minimum Gasteiger partial charge on any atom is -0.497 e. The number of benzene rings is 1. The van der Waals surface area contributed by atoms with Crippen molar-refractivity contribution in [2.24, 2.45) is 0 Å². The van der Waals surface area contributed by atoms with Crippen LogP contribution in [-0.2, 0) is 0 Å². The first-order valence-corrected chi connectivity index (χ1v) is 7.50. The molecule has 0 amide bonds. The summed E-state index contributed by atoms with van der Waals surface area (Å²) in [7, 11) is 1.66. The van der Waals surface area contributed by atoms with E-state index >= 15 is 0 Å². The van der Waals surface area contributed by atoms with Crippen molar-refractivity contribution < 1.29 is 9.47 Å². The highest BCUT2D eigenvalue weighted by Crippen LogP contribution is 2.17. The highest BCUT2D eigenvalue weighted by Gasteiger charge is 1.92. The predicted octanol–water partition coefficient (Wildman–Crippen LogP) is 4.93. The normalized spacial score (nSPS) is 10.8. The van der Waals surface area contributed by atoms with Crippen molar-refractivity contribution in [3.63, 3.8) is 0 Å². The van der Waals surface area contributed by atoms with Crippen molar-refractivity contribution in [3.05, 3.63) is 36.6 Å². The van der Waals surface area contributed by atoms with Gasteiger partial charge in [-0.15, -0.1) is 0 Å². The Hall–Kier alpha value is -0.960. The number of methoxy groups -OCH3 is 1. The molecule has 0 radical (unpaired) electrons. The maximum atomic E-state index is 5.49. The first kappa shape index (κ1) is 15.1. The van der Waals surface area contributed by atoms with Crippen LogP contribution in [0.2, 0.25) is 0 Å². The fourth-order valence-electron chi connectivity index (χ4n) is 1.56. The van der Waals surface area contributed by atoms with E-state index in [4.69, 9.17) is 9.47 Å². The third-order valence-corrected chi connectivity index (χ3v) is 3.17. The molecule has 0 unspecified atom stereocenters. The van der Waals surface area contributed by atoms with Gasteiger partial charge in [0.25, 0.3) is 0 Å². The maximum Gasteiger partial charge on any atom is 0.126 e. The van der Waals surface area contributed by atoms with Crippen LogP contribution in [0.4, 0.5) is 0 Å². The molecule has 18 heavy (non-hydrogen) atoms. The van der Waals surface area contributed by atoms with Gasteiger partial charge in [-0.05, 0) is 49.6 Å². The monoisotopic (exact) mass is 312 g/mol. The first-order chi connectivity index (χ1) is 8.86. The van der Waals surface area contributed by atoms with Crippen LogP contribution >= 0.6 is 15.9 Å². The van der Waals surface area contributed by atoms with E-state index in [0.717, 1.165) is 23.2 Å². The molecule has 1 aromatic carbocycles. The average molecular weight is 313 g/mol. The van der Waals surface area contributed by atoms with Gasteiger partial charge >= 0.3 is 0 Å². The maximum absolute atomic E-state index is 5.49. The van der Waals surface area contributed by atoms with Crippen molar-refractivity contribution >= 4 is 15.9 Å². The van der Waals surface area contributed by atoms with Crippen molar-refractivity contribution in [2.75, 3.05) is 12.4 Å². The number of allylic oxidation sites excluding steroid dienone is 1. The second kappa shape index (κ2) is 10.0. The molecule has 2 nitrogen and oxygen atoms in total. The van der Waals surface area contributed by atoms with E-state index in [1.54, 1.807) is 13.4 Å². The second-order valence-electron chi connectivity index (χ2n) is 4.06. The molecule has 0 bridgehead atoms. The molecular formula is C15H21BrO2. The molecular weight excluding hydrogens is 292 g/mol. The van der Waals surface area contributed by atoms with E-state index in [1.807, 2.05) is 24.3 Å². The van der Waals surface area contributed by atoms with Gasteiger partial charge in [0, 0.05) is 5.33 Å². The van der Waals surface area contributed by atoms with Gasteiger partial charge in [0.1, 0.15) is 11.5 Å². The summed E-state index contributed by atoms with van der Waals surface area (Å²) in [4.78, 5) is 0. The molecule has 0 saturated heterocycles. The van der Waals surface area contributed by atoms with E-state index in [1.165, 1.54) is 25.7 Å².